The highest BCUT2D eigenvalue weighted by Crippen LogP contribution is 2.08. The number of ether oxygens (including phenoxy) is 1. The fourth-order valence-electron chi connectivity index (χ4n) is 1.15. The summed E-state index contributed by atoms with van der Waals surface area (Å²) >= 11 is 0. The van der Waals surface area contributed by atoms with Gasteiger partial charge >= 0.3 is 5.97 Å². The molecule has 0 amide bonds. The fourth-order valence-corrected chi connectivity index (χ4v) is 1.15. The molecule has 4 heteroatoms. The lowest BCUT2D eigenvalue weighted by Gasteiger charge is -2.05. The average Bonchev–Trinajstić information content (AvgIpc) is 2.17. The molecule has 3 nitrogen and oxygen atoms in total. The van der Waals surface area contributed by atoms with Crippen LogP contribution in [0.2, 0.25) is 0 Å². The summed E-state index contributed by atoms with van der Waals surface area (Å²) < 4.78 is 4.57. The Labute approximate surface area is 83.7 Å². The van der Waals surface area contributed by atoms with Crippen molar-refractivity contribution in [1.82, 2.24) is 0 Å². The fraction of sp³-hybridized carbons (Fsp3) is 0.200. The Morgan fingerprint density at radius 2 is 2.36 bits per heavy atom. The lowest BCUT2D eigenvalue weighted by molar-refractivity contribution is 0.0600. The largest absolute Gasteiger partial charge is 0.465 e. The zero-order valence-electron chi connectivity index (χ0n) is 7.78. The minimum atomic E-state index is -0.449. The minimum Gasteiger partial charge on any atom is -0.465 e. The number of esters is 1. The smallest absolute Gasteiger partial charge is 0.338 e. The molecular weight excluding hydrogens is 177 g/mol. The first-order valence-electron chi connectivity index (χ1n) is 4.02. The van der Waals surface area contributed by atoms with Crippen LogP contribution >= 0.6 is 0 Å². The number of hydrogen-bond donors (Lipinski definition) is 0. The van der Waals surface area contributed by atoms with Crippen LogP contribution in [0.25, 0.3) is 0 Å². The Kier molecular flexibility index (Phi) is 3.30. The second kappa shape index (κ2) is 4.47. The molecule has 0 saturated carbocycles. The van der Waals surface area contributed by atoms with Crippen LogP contribution in [0.5, 0.6) is 0 Å². The SMILES string of the molecule is [B]c1ccc(C(=O)OC)c(CC#N)c1. The number of carbonyl (C=O) groups excluding carboxylic acids is 1. The van der Waals surface area contributed by atoms with Crippen molar-refractivity contribution in [2.75, 3.05) is 7.11 Å². The van der Waals surface area contributed by atoms with Gasteiger partial charge in [0.25, 0.3) is 0 Å². The molecule has 0 fully saturated rings. The predicted molar refractivity (Wildman–Crippen MR) is 52.5 cm³/mol. The Hall–Kier alpha value is -1.76. The number of hydrogen-bond acceptors (Lipinski definition) is 3. The molecule has 14 heavy (non-hydrogen) atoms. The number of carbonyl (C=O) groups is 1. The van der Waals surface area contributed by atoms with Gasteiger partial charge in [-0.25, -0.2) is 4.79 Å². The Bertz CT molecular complexity index is 396. The highest BCUT2D eigenvalue weighted by Gasteiger charge is 2.10. The van der Waals surface area contributed by atoms with Gasteiger partial charge in [-0.2, -0.15) is 5.26 Å². The molecule has 2 radical (unpaired) electrons. The van der Waals surface area contributed by atoms with E-state index in [0.717, 1.165) is 0 Å². The third-order valence-electron chi connectivity index (χ3n) is 1.80. The molecule has 0 atom stereocenters. The normalized spacial score (nSPS) is 9.14. The van der Waals surface area contributed by atoms with E-state index in [4.69, 9.17) is 13.1 Å². The van der Waals surface area contributed by atoms with Crippen molar-refractivity contribution in [2.24, 2.45) is 0 Å². The molecule has 0 unspecified atom stereocenters. The van der Waals surface area contributed by atoms with Crippen LogP contribution in [0.4, 0.5) is 0 Å². The van der Waals surface area contributed by atoms with Crippen molar-refractivity contribution in [3.05, 3.63) is 29.3 Å². The zero-order valence-corrected chi connectivity index (χ0v) is 7.78. The summed E-state index contributed by atoms with van der Waals surface area (Å²) in [6, 6.07) is 6.74. The van der Waals surface area contributed by atoms with Crippen LogP contribution in [0.1, 0.15) is 15.9 Å². The molecule has 0 aliphatic rings. The first kappa shape index (κ1) is 10.3. The predicted octanol–water partition coefficient (Wildman–Crippen LogP) is 0.333. The van der Waals surface area contributed by atoms with E-state index in [1.54, 1.807) is 18.2 Å². The standard InChI is InChI=1S/C10H8BNO2/c1-14-10(13)9-3-2-8(11)6-7(9)4-5-12/h2-3,6H,4H2,1H3. The third kappa shape index (κ3) is 2.14. The number of nitrogens with zero attached hydrogens (tertiary/aromatic N) is 1. The Morgan fingerprint density at radius 1 is 1.64 bits per heavy atom. The Balaban J connectivity index is 3.15. The number of benzene rings is 1. The van der Waals surface area contributed by atoms with Crippen LogP contribution in [-0.4, -0.2) is 20.9 Å². The van der Waals surface area contributed by atoms with E-state index in [1.807, 2.05) is 6.07 Å². The highest BCUT2D eigenvalue weighted by molar-refractivity contribution is 6.32. The van der Waals surface area contributed by atoms with Gasteiger partial charge in [-0.3, -0.25) is 0 Å². The summed E-state index contributed by atoms with van der Waals surface area (Å²) in [4.78, 5) is 11.2. The first-order valence-corrected chi connectivity index (χ1v) is 4.02. The monoisotopic (exact) mass is 185 g/mol. The maximum Gasteiger partial charge on any atom is 0.338 e. The van der Waals surface area contributed by atoms with E-state index in [-0.39, 0.29) is 6.42 Å². The molecule has 0 aliphatic heterocycles. The lowest BCUT2D eigenvalue weighted by atomic mass is 9.91. The van der Waals surface area contributed by atoms with Gasteiger partial charge < -0.3 is 4.74 Å². The van der Waals surface area contributed by atoms with Gasteiger partial charge in [0.2, 0.25) is 0 Å². The van der Waals surface area contributed by atoms with Gasteiger partial charge in [0, 0.05) is 0 Å². The molecule has 1 aromatic rings. The van der Waals surface area contributed by atoms with Crippen molar-refractivity contribution in [3.8, 4) is 6.07 Å². The van der Waals surface area contributed by atoms with Gasteiger partial charge in [-0.05, 0) is 11.6 Å². The van der Waals surface area contributed by atoms with E-state index in [9.17, 15) is 4.79 Å². The molecule has 0 heterocycles. The average molecular weight is 185 g/mol. The summed E-state index contributed by atoms with van der Waals surface area (Å²) in [6.07, 6.45) is 0.148. The minimum absolute atomic E-state index is 0.148. The van der Waals surface area contributed by atoms with E-state index in [0.29, 0.717) is 16.6 Å². The lowest BCUT2D eigenvalue weighted by Crippen LogP contribution is -2.11. The number of nitriles is 1. The zero-order chi connectivity index (χ0) is 10.6. The molecule has 0 saturated heterocycles. The second-order valence-electron chi connectivity index (χ2n) is 2.74. The molecule has 0 bridgehead atoms. The molecule has 0 N–H and O–H groups in total. The van der Waals surface area contributed by atoms with Gasteiger partial charge in [0.05, 0.1) is 25.2 Å². The highest BCUT2D eigenvalue weighted by atomic mass is 16.5. The molecule has 0 spiro atoms. The van der Waals surface area contributed by atoms with Crippen LogP contribution < -0.4 is 5.46 Å². The topological polar surface area (TPSA) is 50.1 Å². The molecule has 0 aliphatic carbocycles. The molecule has 1 rings (SSSR count). The van der Waals surface area contributed by atoms with E-state index in [1.165, 1.54) is 7.11 Å². The quantitative estimate of drug-likeness (QED) is 0.492. The Morgan fingerprint density at radius 3 is 2.93 bits per heavy atom. The van der Waals surface area contributed by atoms with Gasteiger partial charge in [-0.1, -0.05) is 17.6 Å². The van der Waals surface area contributed by atoms with Crippen molar-refractivity contribution < 1.29 is 9.53 Å². The van der Waals surface area contributed by atoms with Crippen LogP contribution in [0.3, 0.4) is 0 Å². The van der Waals surface area contributed by atoms with Crippen LogP contribution in [-0.2, 0) is 11.2 Å². The van der Waals surface area contributed by atoms with E-state index in [2.05, 4.69) is 4.74 Å². The van der Waals surface area contributed by atoms with Gasteiger partial charge in [0.15, 0.2) is 0 Å². The third-order valence-corrected chi connectivity index (χ3v) is 1.80. The molecule has 68 valence electrons. The van der Waals surface area contributed by atoms with Crippen molar-refractivity contribution in [2.45, 2.75) is 6.42 Å². The van der Waals surface area contributed by atoms with Crippen LogP contribution in [0, 0.1) is 11.3 Å². The van der Waals surface area contributed by atoms with Crippen LogP contribution in [0.15, 0.2) is 18.2 Å². The molecule has 1 aromatic carbocycles. The van der Waals surface area contributed by atoms with Crippen molar-refractivity contribution >= 4 is 19.3 Å². The summed E-state index contributed by atoms with van der Waals surface area (Å²) in [7, 11) is 6.84. The van der Waals surface area contributed by atoms with Crippen molar-refractivity contribution in [3.63, 3.8) is 0 Å². The second-order valence-corrected chi connectivity index (χ2v) is 2.74. The summed E-state index contributed by atoms with van der Waals surface area (Å²) in [5, 5.41) is 8.55. The van der Waals surface area contributed by atoms with Gasteiger partial charge in [0.1, 0.15) is 7.85 Å². The van der Waals surface area contributed by atoms with E-state index >= 15 is 0 Å². The summed E-state index contributed by atoms with van der Waals surface area (Å²) in [6.45, 7) is 0. The summed E-state index contributed by atoms with van der Waals surface area (Å²) in [5.74, 6) is -0.449. The maximum atomic E-state index is 11.2. The molecule has 0 aromatic heterocycles. The first-order chi connectivity index (χ1) is 6.69. The van der Waals surface area contributed by atoms with E-state index < -0.39 is 5.97 Å². The van der Waals surface area contributed by atoms with Crippen molar-refractivity contribution in [1.29, 1.82) is 5.26 Å². The number of methoxy groups -OCH3 is 1. The number of rotatable bonds is 2. The van der Waals surface area contributed by atoms with Gasteiger partial charge in [-0.15, -0.1) is 0 Å². The maximum absolute atomic E-state index is 11.2. The molecular formula is C10H8BNO2. The summed E-state index contributed by atoms with van der Waals surface area (Å²) in [5.41, 5.74) is 1.52.